The van der Waals surface area contributed by atoms with E-state index < -0.39 is 18.0 Å². The van der Waals surface area contributed by atoms with Gasteiger partial charge in [-0.1, -0.05) is 39.0 Å². The average molecular weight is 248 g/mol. The second-order valence-corrected chi connectivity index (χ2v) is 3.93. The number of aliphatic carboxylic acids is 2. The summed E-state index contributed by atoms with van der Waals surface area (Å²) >= 11 is 0. The van der Waals surface area contributed by atoms with E-state index >= 15 is 0 Å². The van der Waals surface area contributed by atoms with Crippen molar-refractivity contribution in [2.24, 2.45) is 0 Å². The molecule has 0 bridgehead atoms. The Bertz CT molecular complexity index is 201. The zero-order chi connectivity index (χ0) is 13.7. The Morgan fingerprint density at radius 3 is 1.76 bits per heavy atom. The van der Waals surface area contributed by atoms with Crippen LogP contribution in [0.25, 0.3) is 0 Å². The Balaban J connectivity index is 0. The van der Waals surface area contributed by atoms with Crippen LogP contribution in [0.5, 0.6) is 0 Å². The zero-order valence-corrected chi connectivity index (χ0v) is 10.7. The molecule has 0 aromatic rings. The summed E-state index contributed by atoms with van der Waals surface area (Å²) in [5.41, 5.74) is 0. The SMILES string of the molecule is CC(O)C(=O)O.CCCCCCCCC(=O)O. The molecular weight excluding hydrogens is 224 g/mol. The monoisotopic (exact) mass is 248 g/mol. The largest absolute Gasteiger partial charge is 0.481 e. The first-order valence-corrected chi connectivity index (χ1v) is 6.04. The van der Waals surface area contributed by atoms with Crippen molar-refractivity contribution < 1.29 is 24.9 Å². The van der Waals surface area contributed by atoms with Crippen LogP contribution in [0.15, 0.2) is 0 Å². The average Bonchev–Trinajstić information content (AvgIpc) is 2.23. The predicted molar refractivity (Wildman–Crippen MR) is 64.9 cm³/mol. The summed E-state index contributed by atoms with van der Waals surface area (Å²) in [4.78, 5) is 19.5. The van der Waals surface area contributed by atoms with E-state index in [9.17, 15) is 9.59 Å². The zero-order valence-electron chi connectivity index (χ0n) is 10.7. The maximum absolute atomic E-state index is 10.1. The number of aliphatic hydroxyl groups is 1. The van der Waals surface area contributed by atoms with Crippen molar-refractivity contribution in [3.05, 3.63) is 0 Å². The molecule has 0 spiro atoms. The van der Waals surface area contributed by atoms with Gasteiger partial charge in [-0.3, -0.25) is 4.79 Å². The highest BCUT2D eigenvalue weighted by atomic mass is 16.4. The number of carboxylic acids is 2. The first-order valence-electron chi connectivity index (χ1n) is 6.04. The summed E-state index contributed by atoms with van der Waals surface area (Å²) < 4.78 is 0. The van der Waals surface area contributed by atoms with Gasteiger partial charge in [0.1, 0.15) is 6.10 Å². The van der Waals surface area contributed by atoms with Crippen LogP contribution in [-0.2, 0) is 9.59 Å². The highest BCUT2D eigenvalue weighted by Gasteiger charge is 2.01. The van der Waals surface area contributed by atoms with Gasteiger partial charge in [0.2, 0.25) is 0 Å². The summed E-state index contributed by atoms with van der Waals surface area (Å²) in [5.74, 6) is -1.85. The van der Waals surface area contributed by atoms with Crippen molar-refractivity contribution >= 4 is 11.9 Å². The van der Waals surface area contributed by atoms with Crippen LogP contribution in [0.3, 0.4) is 0 Å². The van der Waals surface area contributed by atoms with Gasteiger partial charge in [0.25, 0.3) is 0 Å². The van der Waals surface area contributed by atoms with Gasteiger partial charge in [-0.15, -0.1) is 0 Å². The van der Waals surface area contributed by atoms with Crippen LogP contribution in [0.2, 0.25) is 0 Å². The van der Waals surface area contributed by atoms with Gasteiger partial charge in [-0.05, 0) is 13.3 Å². The smallest absolute Gasteiger partial charge is 0.332 e. The molecule has 0 aliphatic heterocycles. The molecule has 0 aliphatic carbocycles. The molecule has 1 atom stereocenters. The van der Waals surface area contributed by atoms with E-state index in [4.69, 9.17) is 15.3 Å². The van der Waals surface area contributed by atoms with Crippen molar-refractivity contribution in [2.75, 3.05) is 0 Å². The Morgan fingerprint density at radius 2 is 1.41 bits per heavy atom. The van der Waals surface area contributed by atoms with Crippen LogP contribution in [0.4, 0.5) is 0 Å². The number of carbonyl (C=O) groups is 2. The summed E-state index contributed by atoms with van der Waals surface area (Å²) in [6.07, 6.45) is 6.02. The minimum atomic E-state index is -1.23. The molecule has 3 N–H and O–H groups in total. The molecule has 0 heterocycles. The van der Waals surface area contributed by atoms with Gasteiger partial charge < -0.3 is 15.3 Å². The van der Waals surface area contributed by atoms with Crippen LogP contribution < -0.4 is 0 Å². The summed E-state index contributed by atoms with van der Waals surface area (Å²) in [6.45, 7) is 3.37. The van der Waals surface area contributed by atoms with Gasteiger partial charge in [-0.25, -0.2) is 4.79 Å². The molecule has 0 saturated carbocycles. The topological polar surface area (TPSA) is 94.8 Å². The number of carboxylic acid groups (broad SMARTS) is 2. The van der Waals surface area contributed by atoms with E-state index in [2.05, 4.69) is 6.92 Å². The fourth-order valence-electron chi connectivity index (χ4n) is 1.06. The van der Waals surface area contributed by atoms with Gasteiger partial charge in [0.15, 0.2) is 0 Å². The molecule has 1 unspecified atom stereocenters. The molecule has 0 amide bonds. The van der Waals surface area contributed by atoms with Gasteiger partial charge in [-0.2, -0.15) is 0 Å². The van der Waals surface area contributed by atoms with Gasteiger partial charge in [0, 0.05) is 6.42 Å². The van der Waals surface area contributed by atoms with E-state index in [0.29, 0.717) is 6.42 Å². The highest BCUT2D eigenvalue weighted by Crippen LogP contribution is 2.06. The van der Waals surface area contributed by atoms with Gasteiger partial charge in [0.05, 0.1) is 0 Å². The Kier molecular flexibility index (Phi) is 13.9. The number of hydrogen-bond donors (Lipinski definition) is 3. The Labute approximate surface area is 102 Å². The van der Waals surface area contributed by atoms with E-state index in [0.717, 1.165) is 12.8 Å². The molecule has 0 aliphatic rings. The number of hydrogen-bond acceptors (Lipinski definition) is 3. The molecule has 0 radical (unpaired) electrons. The lowest BCUT2D eigenvalue weighted by atomic mass is 10.1. The maximum Gasteiger partial charge on any atom is 0.332 e. The number of aliphatic hydroxyl groups excluding tert-OH is 1. The third-order valence-corrected chi connectivity index (χ3v) is 2.10. The first-order chi connectivity index (χ1) is 7.91. The van der Waals surface area contributed by atoms with Crippen molar-refractivity contribution in [1.82, 2.24) is 0 Å². The predicted octanol–water partition coefficient (Wildman–Crippen LogP) is 2.27. The molecule has 102 valence electrons. The lowest BCUT2D eigenvalue weighted by Gasteiger charge is -1.97. The third kappa shape index (κ3) is 20.9. The number of rotatable bonds is 8. The van der Waals surface area contributed by atoms with Gasteiger partial charge >= 0.3 is 11.9 Å². The standard InChI is InChI=1S/C9H18O2.C3H6O3/c1-2-3-4-5-6-7-8-9(10)11;1-2(4)3(5)6/h2-8H2,1H3,(H,10,11);2,4H,1H3,(H,5,6). The van der Waals surface area contributed by atoms with E-state index in [-0.39, 0.29) is 0 Å². The van der Waals surface area contributed by atoms with Crippen LogP contribution in [0, 0.1) is 0 Å². The van der Waals surface area contributed by atoms with Crippen molar-refractivity contribution in [2.45, 2.75) is 64.9 Å². The minimum absolute atomic E-state index is 0.339. The second kappa shape index (κ2) is 13.0. The molecule has 0 rings (SSSR count). The fourth-order valence-corrected chi connectivity index (χ4v) is 1.06. The Hall–Kier alpha value is -1.10. The summed E-state index contributed by atoms with van der Waals surface area (Å²) in [6, 6.07) is 0. The second-order valence-electron chi connectivity index (χ2n) is 3.93. The normalized spacial score (nSPS) is 11.2. The third-order valence-electron chi connectivity index (χ3n) is 2.10. The summed E-state index contributed by atoms with van der Waals surface area (Å²) in [5, 5.41) is 24.1. The first kappa shape index (κ1) is 18.3. The lowest BCUT2D eigenvalue weighted by Crippen LogP contribution is -2.13. The van der Waals surface area contributed by atoms with Crippen LogP contribution >= 0.6 is 0 Å². The maximum atomic E-state index is 10.1. The minimum Gasteiger partial charge on any atom is -0.481 e. The molecule has 0 saturated heterocycles. The van der Waals surface area contributed by atoms with Crippen molar-refractivity contribution in [3.8, 4) is 0 Å². The Morgan fingerprint density at radius 1 is 1.00 bits per heavy atom. The van der Waals surface area contributed by atoms with Crippen molar-refractivity contribution in [1.29, 1.82) is 0 Å². The van der Waals surface area contributed by atoms with Crippen LogP contribution in [-0.4, -0.2) is 33.4 Å². The fraction of sp³-hybridized carbons (Fsp3) is 0.833. The highest BCUT2D eigenvalue weighted by molar-refractivity contribution is 5.71. The molecule has 5 nitrogen and oxygen atoms in total. The molecule has 0 aromatic carbocycles. The van der Waals surface area contributed by atoms with E-state index in [1.54, 1.807) is 0 Å². The molecule has 17 heavy (non-hydrogen) atoms. The lowest BCUT2D eigenvalue weighted by molar-refractivity contribution is -0.145. The number of unbranched alkanes of at least 4 members (excludes halogenated alkanes) is 5. The van der Waals surface area contributed by atoms with Crippen molar-refractivity contribution in [3.63, 3.8) is 0 Å². The summed E-state index contributed by atoms with van der Waals surface area (Å²) in [7, 11) is 0. The molecule has 5 heteroatoms. The molecule has 0 aromatic heterocycles. The quantitative estimate of drug-likeness (QED) is 0.573. The molecular formula is C12H24O5. The van der Waals surface area contributed by atoms with Crippen LogP contribution in [0.1, 0.15) is 58.8 Å². The molecule has 0 fully saturated rings. The van der Waals surface area contributed by atoms with E-state index in [1.807, 2.05) is 0 Å². The van der Waals surface area contributed by atoms with E-state index in [1.165, 1.54) is 32.6 Å².